The number of carbonyl (C=O) groups excluding carboxylic acids is 1. The van der Waals surface area contributed by atoms with Crippen LogP contribution in [0.4, 0.5) is 14.9 Å². The first-order valence-corrected chi connectivity index (χ1v) is 5.67. The average molecular weight is 237 g/mol. The molecule has 0 unspecified atom stereocenters. The third kappa shape index (κ3) is 3.17. The number of halogens is 1. The van der Waals surface area contributed by atoms with Gasteiger partial charge in [-0.15, -0.1) is 0 Å². The summed E-state index contributed by atoms with van der Waals surface area (Å²) < 4.78 is 12.6. The van der Waals surface area contributed by atoms with E-state index in [0.717, 1.165) is 19.3 Å². The van der Waals surface area contributed by atoms with Crippen LogP contribution in [0.25, 0.3) is 0 Å². The van der Waals surface area contributed by atoms with Crippen LogP contribution in [0.3, 0.4) is 0 Å². The summed E-state index contributed by atoms with van der Waals surface area (Å²) in [6, 6.07) is 5.30. The molecule has 1 aliphatic rings. The maximum atomic E-state index is 12.6. The Bertz CT molecular complexity index is 401. The molecule has 2 rings (SSSR count). The van der Waals surface area contributed by atoms with E-state index in [2.05, 4.69) is 10.6 Å². The summed E-state index contributed by atoms with van der Waals surface area (Å²) in [5.74, 6) is -0.327. The standard InChI is InChI=1S/C12H16FN3O/c13-9-2-4-10(5-3-9)16-11(17)15-8-12(14)6-1-7-12/h2-5H,1,6-8,14H2,(H2,15,16,17). The van der Waals surface area contributed by atoms with E-state index in [9.17, 15) is 9.18 Å². The van der Waals surface area contributed by atoms with Gasteiger partial charge >= 0.3 is 6.03 Å². The van der Waals surface area contributed by atoms with Crippen molar-refractivity contribution in [3.05, 3.63) is 30.1 Å². The molecule has 0 radical (unpaired) electrons. The van der Waals surface area contributed by atoms with E-state index >= 15 is 0 Å². The molecule has 2 amide bonds. The molecule has 0 aromatic heterocycles. The molecule has 0 saturated heterocycles. The maximum absolute atomic E-state index is 12.6. The molecule has 17 heavy (non-hydrogen) atoms. The van der Waals surface area contributed by atoms with Crippen LogP contribution in [-0.4, -0.2) is 18.1 Å². The van der Waals surface area contributed by atoms with Crippen LogP contribution in [0.15, 0.2) is 24.3 Å². The zero-order valence-corrected chi connectivity index (χ0v) is 9.50. The van der Waals surface area contributed by atoms with E-state index in [1.54, 1.807) is 0 Å². The third-order valence-corrected chi connectivity index (χ3v) is 3.05. The number of anilines is 1. The largest absolute Gasteiger partial charge is 0.336 e. The average Bonchev–Trinajstić information content (AvgIpc) is 2.27. The van der Waals surface area contributed by atoms with Crippen molar-refractivity contribution >= 4 is 11.7 Å². The Balaban J connectivity index is 1.79. The number of rotatable bonds is 3. The highest BCUT2D eigenvalue weighted by atomic mass is 19.1. The van der Waals surface area contributed by atoms with E-state index in [-0.39, 0.29) is 17.4 Å². The van der Waals surface area contributed by atoms with Crippen molar-refractivity contribution in [2.75, 3.05) is 11.9 Å². The van der Waals surface area contributed by atoms with E-state index in [4.69, 9.17) is 5.73 Å². The minimum atomic E-state index is -0.327. The molecule has 0 heterocycles. The van der Waals surface area contributed by atoms with Crippen molar-refractivity contribution < 1.29 is 9.18 Å². The van der Waals surface area contributed by atoms with Crippen LogP contribution in [0.5, 0.6) is 0 Å². The van der Waals surface area contributed by atoms with Crippen molar-refractivity contribution in [2.24, 2.45) is 5.73 Å². The van der Waals surface area contributed by atoms with Crippen molar-refractivity contribution in [3.8, 4) is 0 Å². The molecule has 1 aliphatic carbocycles. The van der Waals surface area contributed by atoms with Gasteiger partial charge < -0.3 is 16.4 Å². The van der Waals surface area contributed by atoms with Gasteiger partial charge in [0.15, 0.2) is 0 Å². The fourth-order valence-electron chi connectivity index (χ4n) is 1.77. The molecule has 0 atom stereocenters. The summed E-state index contributed by atoms with van der Waals surface area (Å²) in [6.45, 7) is 0.472. The van der Waals surface area contributed by atoms with Crippen LogP contribution >= 0.6 is 0 Å². The van der Waals surface area contributed by atoms with Gasteiger partial charge in [-0.1, -0.05) is 0 Å². The monoisotopic (exact) mass is 237 g/mol. The zero-order valence-electron chi connectivity index (χ0n) is 9.50. The van der Waals surface area contributed by atoms with Crippen molar-refractivity contribution in [3.63, 3.8) is 0 Å². The van der Waals surface area contributed by atoms with E-state index in [1.165, 1.54) is 24.3 Å². The van der Waals surface area contributed by atoms with Gasteiger partial charge in [-0.3, -0.25) is 0 Å². The summed E-state index contributed by atoms with van der Waals surface area (Å²) in [4.78, 5) is 11.5. The predicted molar refractivity (Wildman–Crippen MR) is 64.2 cm³/mol. The lowest BCUT2D eigenvalue weighted by Gasteiger charge is -2.38. The van der Waals surface area contributed by atoms with Crippen LogP contribution in [0.2, 0.25) is 0 Å². The Morgan fingerprint density at radius 3 is 2.53 bits per heavy atom. The number of benzene rings is 1. The van der Waals surface area contributed by atoms with Gasteiger partial charge in [-0.05, 0) is 43.5 Å². The Morgan fingerprint density at radius 2 is 2.00 bits per heavy atom. The Labute approximate surface area is 99.4 Å². The Kier molecular flexibility index (Phi) is 3.28. The van der Waals surface area contributed by atoms with Gasteiger partial charge in [0.25, 0.3) is 0 Å². The minimum absolute atomic E-state index is 0.236. The van der Waals surface area contributed by atoms with Crippen LogP contribution in [0.1, 0.15) is 19.3 Å². The van der Waals surface area contributed by atoms with E-state index in [0.29, 0.717) is 12.2 Å². The van der Waals surface area contributed by atoms with Gasteiger partial charge in [0.1, 0.15) is 5.82 Å². The first-order valence-electron chi connectivity index (χ1n) is 5.67. The maximum Gasteiger partial charge on any atom is 0.319 e. The first kappa shape index (κ1) is 11.9. The van der Waals surface area contributed by atoms with Gasteiger partial charge in [0, 0.05) is 17.8 Å². The second-order valence-electron chi connectivity index (χ2n) is 4.53. The summed E-state index contributed by atoms with van der Waals surface area (Å²) in [5, 5.41) is 5.34. The van der Waals surface area contributed by atoms with Gasteiger partial charge in [-0.2, -0.15) is 0 Å². The van der Waals surface area contributed by atoms with Gasteiger partial charge in [0.2, 0.25) is 0 Å². The molecule has 1 saturated carbocycles. The van der Waals surface area contributed by atoms with Crippen LogP contribution in [-0.2, 0) is 0 Å². The topological polar surface area (TPSA) is 67.1 Å². The molecule has 1 aromatic carbocycles. The highest BCUT2D eigenvalue weighted by molar-refractivity contribution is 5.89. The molecular formula is C12H16FN3O. The first-order chi connectivity index (χ1) is 8.07. The fraction of sp³-hybridized carbons (Fsp3) is 0.417. The Hall–Kier alpha value is -1.62. The number of hydrogen-bond acceptors (Lipinski definition) is 2. The number of carbonyl (C=O) groups is 1. The van der Waals surface area contributed by atoms with Gasteiger partial charge in [0.05, 0.1) is 0 Å². The van der Waals surface area contributed by atoms with Crippen molar-refractivity contribution in [2.45, 2.75) is 24.8 Å². The quantitative estimate of drug-likeness (QED) is 0.750. The zero-order chi connectivity index (χ0) is 12.3. The Morgan fingerprint density at radius 1 is 1.35 bits per heavy atom. The highest BCUT2D eigenvalue weighted by Crippen LogP contribution is 2.27. The number of nitrogens with two attached hydrogens (primary N) is 1. The van der Waals surface area contributed by atoms with Gasteiger partial charge in [-0.25, -0.2) is 9.18 Å². The normalized spacial score (nSPS) is 17.1. The molecule has 0 aliphatic heterocycles. The number of hydrogen-bond donors (Lipinski definition) is 3. The molecule has 1 aromatic rings. The molecule has 1 fully saturated rings. The highest BCUT2D eigenvalue weighted by Gasteiger charge is 2.32. The van der Waals surface area contributed by atoms with Crippen LogP contribution < -0.4 is 16.4 Å². The summed E-state index contributed by atoms with van der Waals surface area (Å²) in [5.41, 5.74) is 6.30. The molecule has 4 N–H and O–H groups in total. The number of amides is 2. The lowest BCUT2D eigenvalue weighted by Crippen LogP contribution is -2.55. The molecule has 0 bridgehead atoms. The van der Waals surface area contributed by atoms with E-state index in [1.807, 2.05) is 0 Å². The molecule has 0 spiro atoms. The lowest BCUT2D eigenvalue weighted by atomic mass is 9.78. The summed E-state index contributed by atoms with van der Waals surface area (Å²) in [7, 11) is 0. The lowest BCUT2D eigenvalue weighted by molar-refractivity contribution is 0.225. The third-order valence-electron chi connectivity index (χ3n) is 3.05. The molecule has 5 heteroatoms. The van der Waals surface area contributed by atoms with E-state index < -0.39 is 0 Å². The smallest absolute Gasteiger partial charge is 0.319 e. The van der Waals surface area contributed by atoms with Crippen LogP contribution in [0, 0.1) is 5.82 Å². The minimum Gasteiger partial charge on any atom is -0.336 e. The molecule has 92 valence electrons. The molecule has 4 nitrogen and oxygen atoms in total. The number of urea groups is 1. The predicted octanol–water partition coefficient (Wildman–Crippen LogP) is 1.83. The summed E-state index contributed by atoms with van der Waals surface area (Å²) >= 11 is 0. The fourth-order valence-corrected chi connectivity index (χ4v) is 1.77. The summed E-state index contributed by atoms with van der Waals surface area (Å²) in [6.07, 6.45) is 3.02. The second kappa shape index (κ2) is 4.71. The SMILES string of the molecule is NC1(CNC(=O)Nc2ccc(F)cc2)CCC1. The number of nitrogens with one attached hydrogen (secondary N) is 2. The van der Waals surface area contributed by atoms with Crippen molar-refractivity contribution in [1.82, 2.24) is 5.32 Å². The van der Waals surface area contributed by atoms with Crippen molar-refractivity contribution in [1.29, 1.82) is 0 Å². The second-order valence-corrected chi connectivity index (χ2v) is 4.53. The molecular weight excluding hydrogens is 221 g/mol.